The highest BCUT2D eigenvalue weighted by Gasteiger charge is 2.35. The van der Waals surface area contributed by atoms with Crippen LogP contribution in [0.5, 0.6) is 0 Å². The smallest absolute Gasteiger partial charge is 0.253 e. The van der Waals surface area contributed by atoms with Gasteiger partial charge in [-0.3, -0.25) is 4.79 Å². The third kappa shape index (κ3) is 3.61. The van der Waals surface area contributed by atoms with Crippen LogP contribution in [0.3, 0.4) is 0 Å². The number of benzene rings is 1. The lowest BCUT2D eigenvalue weighted by Gasteiger charge is -2.42. The van der Waals surface area contributed by atoms with Crippen molar-refractivity contribution in [3.8, 4) is 0 Å². The Morgan fingerprint density at radius 3 is 2.55 bits per heavy atom. The number of hydrogen-bond acceptors (Lipinski definition) is 3. The Bertz CT molecular complexity index is 510. The molecule has 1 heterocycles. The molecule has 2 rings (SSSR count). The Hall–Kier alpha value is -1.55. The summed E-state index contributed by atoms with van der Waals surface area (Å²) in [6.07, 6.45) is 1.98. The second-order valence-corrected chi connectivity index (χ2v) is 7.08. The number of rotatable bonds is 4. The Morgan fingerprint density at radius 1 is 1.36 bits per heavy atom. The van der Waals surface area contributed by atoms with Gasteiger partial charge in [-0.15, -0.1) is 0 Å². The lowest BCUT2D eigenvalue weighted by Crippen LogP contribution is -2.53. The van der Waals surface area contributed by atoms with E-state index in [-0.39, 0.29) is 17.4 Å². The van der Waals surface area contributed by atoms with Crippen molar-refractivity contribution in [1.82, 2.24) is 4.90 Å². The highest BCUT2D eigenvalue weighted by molar-refractivity contribution is 5.94. The Morgan fingerprint density at radius 2 is 2.00 bits per heavy atom. The van der Waals surface area contributed by atoms with E-state index in [4.69, 9.17) is 5.73 Å². The SMILES string of the molecule is CCCN(C)c1ccc(C(=O)N2CCC(N)C(C)(C)C2)cc1. The van der Waals surface area contributed by atoms with Crippen LogP contribution in [0.2, 0.25) is 0 Å². The van der Waals surface area contributed by atoms with Gasteiger partial charge in [0.15, 0.2) is 0 Å². The van der Waals surface area contributed by atoms with Gasteiger partial charge >= 0.3 is 0 Å². The summed E-state index contributed by atoms with van der Waals surface area (Å²) < 4.78 is 0. The molecule has 4 heteroatoms. The first-order valence-corrected chi connectivity index (χ1v) is 8.21. The fourth-order valence-corrected chi connectivity index (χ4v) is 3.05. The van der Waals surface area contributed by atoms with Crippen LogP contribution in [0, 0.1) is 5.41 Å². The molecule has 0 bridgehead atoms. The van der Waals surface area contributed by atoms with Crippen LogP contribution in [-0.2, 0) is 0 Å². The molecule has 1 aromatic rings. The molecular formula is C18H29N3O. The summed E-state index contributed by atoms with van der Waals surface area (Å²) in [6.45, 7) is 8.94. The lowest BCUT2D eigenvalue weighted by molar-refractivity contribution is 0.0533. The molecule has 1 atom stereocenters. The third-order valence-corrected chi connectivity index (χ3v) is 4.71. The van der Waals surface area contributed by atoms with Gasteiger partial charge in [0.05, 0.1) is 0 Å². The molecule has 2 N–H and O–H groups in total. The molecule has 0 saturated carbocycles. The van der Waals surface area contributed by atoms with Gasteiger partial charge in [0.1, 0.15) is 0 Å². The van der Waals surface area contributed by atoms with Gasteiger partial charge in [0, 0.05) is 44.0 Å². The highest BCUT2D eigenvalue weighted by Crippen LogP contribution is 2.28. The molecular weight excluding hydrogens is 274 g/mol. The molecule has 1 amide bonds. The van der Waals surface area contributed by atoms with Crippen LogP contribution in [0.4, 0.5) is 5.69 Å². The van der Waals surface area contributed by atoms with Crippen LogP contribution in [0.25, 0.3) is 0 Å². The van der Waals surface area contributed by atoms with E-state index in [1.807, 2.05) is 29.2 Å². The summed E-state index contributed by atoms with van der Waals surface area (Å²) in [5, 5.41) is 0. The van der Waals surface area contributed by atoms with Crippen molar-refractivity contribution in [2.75, 3.05) is 31.6 Å². The van der Waals surface area contributed by atoms with E-state index in [0.29, 0.717) is 0 Å². The van der Waals surface area contributed by atoms with Gasteiger partial charge < -0.3 is 15.5 Å². The summed E-state index contributed by atoms with van der Waals surface area (Å²) in [7, 11) is 2.08. The van der Waals surface area contributed by atoms with Crippen molar-refractivity contribution >= 4 is 11.6 Å². The van der Waals surface area contributed by atoms with Crippen LogP contribution < -0.4 is 10.6 Å². The average molecular weight is 303 g/mol. The van der Waals surface area contributed by atoms with Crippen LogP contribution in [-0.4, -0.2) is 43.5 Å². The number of likely N-dealkylation sites (tertiary alicyclic amines) is 1. The number of nitrogens with two attached hydrogens (primary N) is 1. The number of carbonyl (C=O) groups is 1. The summed E-state index contributed by atoms with van der Waals surface area (Å²) in [5.41, 5.74) is 8.05. The van der Waals surface area contributed by atoms with Crippen LogP contribution in [0.1, 0.15) is 44.0 Å². The van der Waals surface area contributed by atoms with Gasteiger partial charge in [0.2, 0.25) is 0 Å². The van der Waals surface area contributed by atoms with E-state index in [9.17, 15) is 4.79 Å². The molecule has 1 unspecified atom stereocenters. The zero-order valence-electron chi connectivity index (χ0n) is 14.3. The molecule has 0 aliphatic carbocycles. The molecule has 1 aliphatic rings. The molecule has 1 aromatic carbocycles. The first kappa shape index (κ1) is 16.8. The number of amides is 1. The fourth-order valence-electron chi connectivity index (χ4n) is 3.05. The van der Waals surface area contributed by atoms with Gasteiger partial charge in [-0.25, -0.2) is 0 Å². The second kappa shape index (κ2) is 6.69. The second-order valence-electron chi connectivity index (χ2n) is 7.08. The summed E-state index contributed by atoms with van der Waals surface area (Å²) in [6, 6.07) is 8.10. The maximum absolute atomic E-state index is 12.7. The van der Waals surface area contributed by atoms with E-state index in [0.717, 1.165) is 43.7 Å². The molecule has 4 nitrogen and oxygen atoms in total. The number of hydrogen-bond donors (Lipinski definition) is 1. The van der Waals surface area contributed by atoms with Crippen molar-refractivity contribution in [3.63, 3.8) is 0 Å². The quantitative estimate of drug-likeness (QED) is 0.930. The van der Waals surface area contributed by atoms with Gasteiger partial charge in [-0.05, 0) is 42.5 Å². The maximum Gasteiger partial charge on any atom is 0.253 e. The Balaban J connectivity index is 2.07. The lowest BCUT2D eigenvalue weighted by atomic mass is 9.79. The van der Waals surface area contributed by atoms with Gasteiger partial charge in [-0.2, -0.15) is 0 Å². The van der Waals surface area contributed by atoms with Gasteiger partial charge in [-0.1, -0.05) is 20.8 Å². The molecule has 0 aromatic heterocycles. The topological polar surface area (TPSA) is 49.6 Å². The number of piperidine rings is 1. The zero-order chi connectivity index (χ0) is 16.3. The molecule has 0 radical (unpaired) electrons. The third-order valence-electron chi connectivity index (χ3n) is 4.71. The Labute approximate surface area is 134 Å². The maximum atomic E-state index is 12.7. The molecule has 122 valence electrons. The summed E-state index contributed by atoms with van der Waals surface area (Å²) >= 11 is 0. The molecule has 1 fully saturated rings. The van der Waals surface area contributed by atoms with E-state index in [2.05, 4.69) is 32.7 Å². The Kier molecular flexibility index (Phi) is 5.12. The molecule has 1 saturated heterocycles. The monoisotopic (exact) mass is 303 g/mol. The standard InChI is InChI=1S/C18H29N3O/c1-5-11-20(4)15-8-6-14(7-9-15)17(22)21-12-10-16(19)18(2,3)13-21/h6-9,16H,5,10-13,19H2,1-4H3. The fraction of sp³-hybridized carbons (Fsp3) is 0.611. The number of carbonyl (C=O) groups excluding carboxylic acids is 1. The number of anilines is 1. The van der Waals surface area contributed by atoms with Crippen LogP contribution >= 0.6 is 0 Å². The molecule has 1 aliphatic heterocycles. The predicted molar refractivity (Wildman–Crippen MR) is 92.3 cm³/mol. The number of nitrogens with zero attached hydrogens (tertiary/aromatic N) is 2. The van der Waals surface area contributed by atoms with Crippen molar-refractivity contribution in [2.24, 2.45) is 11.1 Å². The van der Waals surface area contributed by atoms with Crippen molar-refractivity contribution < 1.29 is 4.79 Å². The van der Waals surface area contributed by atoms with Crippen LogP contribution in [0.15, 0.2) is 24.3 Å². The molecule has 22 heavy (non-hydrogen) atoms. The van der Waals surface area contributed by atoms with E-state index < -0.39 is 0 Å². The van der Waals surface area contributed by atoms with E-state index in [1.54, 1.807) is 0 Å². The van der Waals surface area contributed by atoms with Crippen molar-refractivity contribution in [1.29, 1.82) is 0 Å². The minimum absolute atomic E-state index is 0.0187. The van der Waals surface area contributed by atoms with E-state index >= 15 is 0 Å². The first-order chi connectivity index (χ1) is 10.3. The molecule has 0 spiro atoms. The minimum Gasteiger partial charge on any atom is -0.375 e. The van der Waals surface area contributed by atoms with Crippen molar-refractivity contribution in [2.45, 2.75) is 39.7 Å². The normalized spacial score (nSPS) is 20.8. The summed E-state index contributed by atoms with van der Waals surface area (Å²) in [5.74, 6) is 0.115. The van der Waals surface area contributed by atoms with E-state index in [1.165, 1.54) is 0 Å². The average Bonchev–Trinajstić information content (AvgIpc) is 2.49. The van der Waals surface area contributed by atoms with Gasteiger partial charge in [0.25, 0.3) is 5.91 Å². The summed E-state index contributed by atoms with van der Waals surface area (Å²) in [4.78, 5) is 16.8. The zero-order valence-corrected chi connectivity index (χ0v) is 14.3. The first-order valence-electron chi connectivity index (χ1n) is 8.21. The predicted octanol–water partition coefficient (Wildman–Crippen LogP) is 2.73. The highest BCUT2D eigenvalue weighted by atomic mass is 16.2. The van der Waals surface area contributed by atoms with Crippen molar-refractivity contribution in [3.05, 3.63) is 29.8 Å². The minimum atomic E-state index is -0.0187. The largest absolute Gasteiger partial charge is 0.375 e.